The third-order valence-electron chi connectivity index (χ3n) is 4.18. The molecule has 0 spiro atoms. The highest BCUT2D eigenvalue weighted by Crippen LogP contribution is 2.35. The summed E-state index contributed by atoms with van der Waals surface area (Å²) < 4.78 is 12.9. The van der Waals surface area contributed by atoms with Crippen LogP contribution in [0.2, 0.25) is 10.2 Å². The number of carbonyl (C=O) groups is 1. The van der Waals surface area contributed by atoms with E-state index < -0.39 is 17.6 Å². The van der Waals surface area contributed by atoms with Crippen molar-refractivity contribution < 1.29 is 14.3 Å². The number of methoxy groups -OCH3 is 2. The summed E-state index contributed by atoms with van der Waals surface area (Å²) in [5, 5.41) is 8.41. The van der Waals surface area contributed by atoms with Crippen LogP contribution in [-0.2, 0) is 9.53 Å². The van der Waals surface area contributed by atoms with Crippen LogP contribution >= 0.6 is 23.2 Å². The molecule has 0 radical (unpaired) electrons. The molecule has 0 amide bonds. The fraction of sp³-hybridized carbons (Fsp3) is 0.222. The van der Waals surface area contributed by atoms with Gasteiger partial charge < -0.3 is 9.47 Å². The van der Waals surface area contributed by atoms with Crippen LogP contribution in [0.4, 0.5) is 0 Å². The van der Waals surface area contributed by atoms with Crippen molar-refractivity contribution in [1.82, 2.24) is 19.6 Å². The second-order valence-electron chi connectivity index (χ2n) is 5.85. The summed E-state index contributed by atoms with van der Waals surface area (Å²) in [6, 6.07) is 5.64. The first-order chi connectivity index (χ1) is 13.3. The van der Waals surface area contributed by atoms with E-state index in [1.807, 2.05) is 0 Å². The number of pyridine rings is 1. The van der Waals surface area contributed by atoms with Crippen LogP contribution in [0.25, 0.3) is 16.8 Å². The zero-order chi connectivity index (χ0) is 20.4. The number of nitrogens with zero attached hydrogens (tertiary/aromatic N) is 4. The Morgan fingerprint density at radius 3 is 2.50 bits per heavy atom. The molecule has 0 aliphatic carbocycles. The second kappa shape index (κ2) is 8.04. The molecule has 0 saturated carbocycles. The van der Waals surface area contributed by atoms with Crippen molar-refractivity contribution in [3.05, 3.63) is 57.2 Å². The van der Waals surface area contributed by atoms with E-state index in [4.69, 9.17) is 32.7 Å². The average Bonchev–Trinajstić information content (AvgIpc) is 3.12. The maximum atomic E-state index is 12.7. The van der Waals surface area contributed by atoms with E-state index in [1.165, 1.54) is 41.9 Å². The van der Waals surface area contributed by atoms with Gasteiger partial charge in [-0.25, -0.2) is 9.48 Å². The van der Waals surface area contributed by atoms with E-state index >= 15 is 0 Å². The molecule has 1 aromatic carbocycles. The maximum absolute atomic E-state index is 12.7. The summed E-state index contributed by atoms with van der Waals surface area (Å²) in [5.74, 6) is -0.178. The normalized spacial score (nSPS) is 11.9. The van der Waals surface area contributed by atoms with Crippen LogP contribution in [0.1, 0.15) is 13.0 Å². The minimum absolute atomic E-state index is 0.218. The minimum Gasteiger partial charge on any atom is -0.495 e. The lowest BCUT2D eigenvalue weighted by atomic mass is 10.0. The molecule has 8 nitrogen and oxygen atoms in total. The Hall–Kier alpha value is -2.84. The Kier molecular flexibility index (Phi) is 5.71. The van der Waals surface area contributed by atoms with Gasteiger partial charge in [-0.2, -0.15) is 0 Å². The van der Waals surface area contributed by atoms with Crippen LogP contribution in [0.5, 0.6) is 5.75 Å². The molecule has 0 saturated heterocycles. The average molecular weight is 423 g/mol. The van der Waals surface area contributed by atoms with Crippen LogP contribution < -0.4 is 10.3 Å². The van der Waals surface area contributed by atoms with Gasteiger partial charge >= 0.3 is 5.97 Å². The largest absolute Gasteiger partial charge is 0.495 e. The van der Waals surface area contributed by atoms with E-state index in [0.717, 1.165) is 0 Å². The van der Waals surface area contributed by atoms with Crippen LogP contribution in [0.15, 0.2) is 41.5 Å². The number of halogens is 2. The van der Waals surface area contributed by atoms with E-state index in [2.05, 4.69) is 10.3 Å². The minimum atomic E-state index is -0.812. The first-order valence-corrected chi connectivity index (χ1v) is 8.87. The lowest BCUT2D eigenvalue weighted by molar-refractivity contribution is -0.144. The van der Waals surface area contributed by atoms with E-state index in [1.54, 1.807) is 25.1 Å². The molecule has 0 aliphatic heterocycles. The van der Waals surface area contributed by atoms with Gasteiger partial charge in [0.05, 0.1) is 32.3 Å². The zero-order valence-corrected chi connectivity index (χ0v) is 16.7. The molecule has 3 rings (SSSR count). The number of aromatic nitrogens is 4. The molecular weight excluding hydrogens is 407 g/mol. The highest BCUT2D eigenvalue weighted by molar-refractivity contribution is 6.31. The molecular formula is C18H16Cl2N4O4. The van der Waals surface area contributed by atoms with Crippen molar-refractivity contribution in [2.24, 2.45) is 0 Å². The summed E-state index contributed by atoms with van der Waals surface area (Å²) in [5.41, 5.74) is 1.25. The van der Waals surface area contributed by atoms with Gasteiger partial charge in [-0.1, -0.05) is 28.4 Å². The quantitative estimate of drug-likeness (QED) is 0.586. The first kappa shape index (κ1) is 19.9. The molecule has 1 atom stereocenters. The Morgan fingerprint density at radius 1 is 1.14 bits per heavy atom. The van der Waals surface area contributed by atoms with Gasteiger partial charge in [0, 0.05) is 22.2 Å². The summed E-state index contributed by atoms with van der Waals surface area (Å²) in [7, 11) is 2.73. The number of hydrogen-bond acceptors (Lipinski definition) is 6. The maximum Gasteiger partial charge on any atom is 0.328 e. The van der Waals surface area contributed by atoms with Crippen molar-refractivity contribution in [2.45, 2.75) is 13.0 Å². The van der Waals surface area contributed by atoms with Crippen molar-refractivity contribution >= 4 is 29.2 Å². The van der Waals surface area contributed by atoms with Gasteiger partial charge in [0.15, 0.2) is 5.15 Å². The number of rotatable bonds is 5. The van der Waals surface area contributed by atoms with Gasteiger partial charge in [-0.15, -0.1) is 5.10 Å². The number of hydrogen-bond donors (Lipinski definition) is 0. The topological polar surface area (TPSA) is 88.2 Å². The molecule has 0 aliphatic rings. The van der Waals surface area contributed by atoms with Gasteiger partial charge in [-0.3, -0.25) is 9.36 Å². The summed E-state index contributed by atoms with van der Waals surface area (Å²) in [6.07, 6.45) is 2.99. The molecule has 2 heterocycles. The van der Waals surface area contributed by atoms with Crippen molar-refractivity contribution in [3.63, 3.8) is 0 Å². The van der Waals surface area contributed by atoms with Gasteiger partial charge in [-0.05, 0) is 25.1 Å². The molecule has 3 aromatic rings. The van der Waals surface area contributed by atoms with Crippen molar-refractivity contribution in [3.8, 4) is 22.6 Å². The molecule has 0 N–H and O–H groups in total. The standard InChI is InChI=1S/C18H16Cl2N4O4/c1-10(18(26)28-3)23-8-15(27-2)13(7-17(23)25)12-6-11(19)4-5-14(12)24-9-16(20)21-22-24/h4-10H,1-3H3. The molecule has 0 fully saturated rings. The molecule has 1 unspecified atom stereocenters. The Bertz CT molecular complexity index is 1090. The molecule has 28 heavy (non-hydrogen) atoms. The SMILES string of the molecule is COC(=O)C(C)n1cc(OC)c(-c2cc(Cl)ccc2-n2cc(Cl)nn2)cc1=O. The van der Waals surface area contributed by atoms with Gasteiger partial charge in [0.1, 0.15) is 11.8 Å². The first-order valence-electron chi connectivity index (χ1n) is 8.12. The lowest BCUT2D eigenvalue weighted by Gasteiger charge is -2.17. The number of ether oxygens (including phenoxy) is 2. The summed E-state index contributed by atoms with van der Waals surface area (Å²) in [4.78, 5) is 24.5. The van der Waals surface area contributed by atoms with Crippen LogP contribution in [0.3, 0.4) is 0 Å². The van der Waals surface area contributed by atoms with E-state index in [9.17, 15) is 9.59 Å². The summed E-state index contributed by atoms with van der Waals surface area (Å²) in [6.45, 7) is 1.56. The van der Waals surface area contributed by atoms with Crippen molar-refractivity contribution in [1.29, 1.82) is 0 Å². The summed E-state index contributed by atoms with van der Waals surface area (Å²) >= 11 is 12.1. The third kappa shape index (κ3) is 3.74. The second-order valence-corrected chi connectivity index (χ2v) is 6.67. The Morgan fingerprint density at radius 2 is 1.89 bits per heavy atom. The van der Waals surface area contributed by atoms with Crippen LogP contribution in [0, 0.1) is 0 Å². The number of esters is 1. The zero-order valence-electron chi connectivity index (χ0n) is 15.2. The highest BCUT2D eigenvalue weighted by atomic mass is 35.5. The van der Waals surface area contributed by atoms with Gasteiger partial charge in [0.2, 0.25) is 0 Å². The number of benzene rings is 1. The fourth-order valence-corrected chi connectivity index (χ4v) is 3.07. The molecule has 146 valence electrons. The third-order valence-corrected chi connectivity index (χ3v) is 4.59. The van der Waals surface area contributed by atoms with Gasteiger partial charge in [0.25, 0.3) is 5.56 Å². The smallest absolute Gasteiger partial charge is 0.328 e. The van der Waals surface area contributed by atoms with E-state index in [0.29, 0.717) is 27.6 Å². The highest BCUT2D eigenvalue weighted by Gasteiger charge is 2.21. The monoisotopic (exact) mass is 422 g/mol. The van der Waals surface area contributed by atoms with Crippen LogP contribution in [-0.4, -0.2) is 39.7 Å². The molecule has 2 aromatic heterocycles. The molecule has 10 heteroatoms. The lowest BCUT2D eigenvalue weighted by Crippen LogP contribution is -2.28. The Balaban J connectivity index is 2.22. The number of carbonyl (C=O) groups excluding carboxylic acids is 1. The Labute approximate surface area is 170 Å². The van der Waals surface area contributed by atoms with Crippen molar-refractivity contribution in [2.75, 3.05) is 14.2 Å². The van der Waals surface area contributed by atoms with E-state index in [-0.39, 0.29) is 5.15 Å². The predicted molar refractivity (Wildman–Crippen MR) is 104 cm³/mol. The fourth-order valence-electron chi connectivity index (χ4n) is 2.77. The predicted octanol–water partition coefficient (Wildman–Crippen LogP) is 3.15. The molecule has 0 bridgehead atoms.